The van der Waals surface area contributed by atoms with Crippen LogP contribution in [0.4, 0.5) is 0 Å². The molecule has 0 aromatic heterocycles. The Morgan fingerprint density at radius 1 is 1.31 bits per heavy atom. The van der Waals surface area contributed by atoms with Crippen molar-refractivity contribution >= 4 is 18.3 Å². The van der Waals surface area contributed by atoms with Gasteiger partial charge in [0.2, 0.25) is 5.91 Å². The molecule has 0 saturated heterocycles. The van der Waals surface area contributed by atoms with Gasteiger partial charge in [-0.3, -0.25) is 4.79 Å². The minimum atomic E-state index is 0. The van der Waals surface area contributed by atoms with Crippen molar-refractivity contribution in [3.8, 4) is 0 Å². The van der Waals surface area contributed by atoms with Crippen LogP contribution < -0.4 is 5.73 Å². The van der Waals surface area contributed by atoms with E-state index in [-0.39, 0.29) is 24.4 Å². The predicted octanol–water partition coefficient (Wildman–Crippen LogP) is 1.94. The van der Waals surface area contributed by atoms with E-state index >= 15 is 0 Å². The maximum Gasteiger partial charge on any atom is 0.225 e. The van der Waals surface area contributed by atoms with Gasteiger partial charge in [-0.25, -0.2) is 0 Å². The fourth-order valence-corrected chi connectivity index (χ4v) is 2.58. The average molecular weight is 247 g/mol. The average Bonchev–Trinajstić information content (AvgIpc) is 2.96. The molecule has 2 unspecified atom stereocenters. The second-order valence-corrected chi connectivity index (χ2v) is 5.03. The standard InChI is InChI=1S/C12H22N2O.ClH/c1-2-7-14(11-5-6-11)12(15)9-3-4-10(13)8-9;/h9-11H,2-8,13H2,1H3;1H. The molecule has 2 aliphatic rings. The van der Waals surface area contributed by atoms with Gasteiger partial charge >= 0.3 is 0 Å². The van der Waals surface area contributed by atoms with E-state index in [1.54, 1.807) is 0 Å². The number of hydrogen-bond donors (Lipinski definition) is 1. The maximum absolute atomic E-state index is 12.2. The molecule has 2 N–H and O–H groups in total. The van der Waals surface area contributed by atoms with Crippen LogP contribution in [0.3, 0.4) is 0 Å². The topological polar surface area (TPSA) is 46.3 Å². The van der Waals surface area contributed by atoms with Crippen molar-refractivity contribution < 1.29 is 4.79 Å². The third-order valence-corrected chi connectivity index (χ3v) is 3.56. The number of carbonyl (C=O) groups excluding carboxylic acids is 1. The summed E-state index contributed by atoms with van der Waals surface area (Å²) >= 11 is 0. The van der Waals surface area contributed by atoms with Gasteiger partial charge < -0.3 is 10.6 Å². The lowest BCUT2D eigenvalue weighted by Crippen LogP contribution is -2.38. The number of amides is 1. The molecule has 94 valence electrons. The number of rotatable bonds is 4. The summed E-state index contributed by atoms with van der Waals surface area (Å²) in [4.78, 5) is 14.3. The van der Waals surface area contributed by atoms with Gasteiger partial charge in [0.15, 0.2) is 0 Å². The highest BCUT2D eigenvalue weighted by Crippen LogP contribution is 2.32. The molecular weight excluding hydrogens is 224 g/mol. The highest BCUT2D eigenvalue weighted by atomic mass is 35.5. The summed E-state index contributed by atoms with van der Waals surface area (Å²) in [5.41, 5.74) is 5.86. The molecule has 2 saturated carbocycles. The normalized spacial score (nSPS) is 28.6. The Balaban J connectivity index is 0.00000128. The zero-order chi connectivity index (χ0) is 10.8. The second-order valence-electron chi connectivity index (χ2n) is 5.03. The van der Waals surface area contributed by atoms with E-state index in [1.807, 2.05) is 0 Å². The molecule has 3 nitrogen and oxygen atoms in total. The molecule has 16 heavy (non-hydrogen) atoms. The van der Waals surface area contributed by atoms with Gasteiger partial charge in [-0.05, 0) is 38.5 Å². The zero-order valence-electron chi connectivity index (χ0n) is 10.0. The van der Waals surface area contributed by atoms with Crippen LogP contribution in [0, 0.1) is 5.92 Å². The lowest BCUT2D eigenvalue weighted by Gasteiger charge is -2.25. The van der Waals surface area contributed by atoms with Crippen LogP contribution in [0.25, 0.3) is 0 Å². The van der Waals surface area contributed by atoms with E-state index in [0.717, 1.165) is 32.2 Å². The van der Waals surface area contributed by atoms with Crippen molar-refractivity contribution in [1.82, 2.24) is 4.90 Å². The van der Waals surface area contributed by atoms with Gasteiger partial charge in [0.05, 0.1) is 0 Å². The maximum atomic E-state index is 12.2. The molecule has 0 aromatic rings. The second kappa shape index (κ2) is 5.87. The first kappa shape index (κ1) is 13.8. The van der Waals surface area contributed by atoms with Crippen molar-refractivity contribution in [3.05, 3.63) is 0 Å². The molecule has 2 atom stereocenters. The molecule has 0 radical (unpaired) electrons. The first-order valence-electron chi connectivity index (χ1n) is 6.28. The van der Waals surface area contributed by atoms with E-state index in [2.05, 4.69) is 11.8 Å². The van der Waals surface area contributed by atoms with Crippen LogP contribution >= 0.6 is 12.4 Å². The van der Waals surface area contributed by atoms with Crippen LogP contribution in [0.15, 0.2) is 0 Å². The fraction of sp³-hybridized carbons (Fsp3) is 0.917. The number of halogens is 1. The number of hydrogen-bond acceptors (Lipinski definition) is 2. The van der Waals surface area contributed by atoms with Crippen molar-refractivity contribution in [2.75, 3.05) is 6.54 Å². The summed E-state index contributed by atoms with van der Waals surface area (Å²) in [6.07, 6.45) is 6.44. The minimum absolute atomic E-state index is 0. The first-order valence-corrected chi connectivity index (χ1v) is 6.28. The van der Waals surface area contributed by atoms with Crippen molar-refractivity contribution in [3.63, 3.8) is 0 Å². The quantitative estimate of drug-likeness (QED) is 0.824. The number of nitrogens with zero attached hydrogens (tertiary/aromatic N) is 1. The highest BCUT2D eigenvalue weighted by molar-refractivity contribution is 5.85. The Bertz CT molecular complexity index is 243. The molecule has 2 fully saturated rings. The van der Waals surface area contributed by atoms with Gasteiger partial charge in [-0.15, -0.1) is 12.4 Å². The molecule has 2 aliphatic carbocycles. The summed E-state index contributed by atoms with van der Waals surface area (Å²) in [5, 5.41) is 0. The predicted molar refractivity (Wildman–Crippen MR) is 67.6 cm³/mol. The minimum Gasteiger partial charge on any atom is -0.339 e. The van der Waals surface area contributed by atoms with Crippen LogP contribution in [0.2, 0.25) is 0 Å². The third-order valence-electron chi connectivity index (χ3n) is 3.56. The Kier molecular flexibility index (Phi) is 5.06. The van der Waals surface area contributed by atoms with Crippen molar-refractivity contribution in [1.29, 1.82) is 0 Å². The van der Waals surface area contributed by atoms with Crippen molar-refractivity contribution in [2.45, 2.75) is 57.5 Å². The largest absolute Gasteiger partial charge is 0.339 e. The van der Waals surface area contributed by atoms with Crippen LogP contribution in [-0.2, 0) is 4.79 Å². The molecule has 0 spiro atoms. The Hall–Kier alpha value is -0.280. The summed E-state index contributed by atoms with van der Waals surface area (Å²) in [6, 6.07) is 0.830. The zero-order valence-corrected chi connectivity index (χ0v) is 10.8. The fourth-order valence-electron chi connectivity index (χ4n) is 2.58. The first-order chi connectivity index (χ1) is 7.22. The Labute approximate surface area is 104 Å². The van der Waals surface area contributed by atoms with Gasteiger partial charge in [-0.2, -0.15) is 0 Å². The molecule has 4 heteroatoms. The molecule has 0 heterocycles. The molecule has 2 rings (SSSR count). The Morgan fingerprint density at radius 2 is 2.00 bits per heavy atom. The SMILES string of the molecule is CCCN(C(=O)C1CCC(N)C1)C1CC1.Cl. The lowest BCUT2D eigenvalue weighted by molar-refractivity contribution is -0.136. The summed E-state index contributed by atoms with van der Waals surface area (Å²) in [6.45, 7) is 3.08. The number of nitrogens with two attached hydrogens (primary N) is 1. The van der Waals surface area contributed by atoms with Gasteiger partial charge in [-0.1, -0.05) is 6.92 Å². The smallest absolute Gasteiger partial charge is 0.225 e. The third kappa shape index (κ3) is 3.11. The van der Waals surface area contributed by atoms with Crippen LogP contribution in [0.5, 0.6) is 0 Å². The van der Waals surface area contributed by atoms with E-state index in [9.17, 15) is 4.79 Å². The van der Waals surface area contributed by atoms with E-state index in [0.29, 0.717) is 11.9 Å². The van der Waals surface area contributed by atoms with Gasteiger partial charge in [0.1, 0.15) is 0 Å². The molecule has 0 aliphatic heterocycles. The number of carbonyl (C=O) groups is 1. The molecular formula is C12H23ClN2O. The van der Waals surface area contributed by atoms with Crippen molar-refractivity contribution in [2.24, 2.45) is 11.7 Å². The van der Waals surface area contributed by atoms with E-state index < -0.39 is 0 Å². The molecule has 0 bridgehead atoms. The summed E-state index contributed by atoms with van der Waals surface area (Å²) in [5.74, 6) is 0.611. The summed E-state index contributed by atoms with van der Waals surface area (Å²) in [7, 11) is 0. The summed E-state index contributed by atoms with van der Waals surface area (Å²) < 4.78 is 0. The molecule has 1 amide bonds. The van der Waals surface area contributed by atoms with Crippen LogP contribution in [-0.4, -0.2) is 29.4 Å². The van der Waals surface area contributed by atoms with E-state index in [4.69, 9.17) is 5.73 Å². The van der Waals surface area contributed by atoms with Gasteiger partial charge in [0.25, 0.3) is 0 Å². The van der Waals surface area contributed by atoms with E-state index in [1.165, 1.54) is 12.8 Å². The Morgan fingerprint density at radius 3 is 2.44 bits per heavy atom. The molecule has 0 aromatic carbocycles. The highest BCUT2D eigenvalue weighted by Gasteiger charge is 2.37. The van der Waals surface area contributed by atoms with Gasteiger partial charge in [0, 0.05) is 24.5 Å². The lowest BCUT2D eigenvalue weighted by atomic mass is 10.1. The monoisotopic (exact) mass is 246 g/mol. The van der Waals surface area contributed by atoms with Crippen LogP contribution in [0.1, 0.15) is 45.4 Å².